The zero-order valence-corrected chi connectivity index (χ0v) is 12.5. The van der Waals surface area contributed by atoms with E-state index in [1.807, 2.05) is 6.07 Å². The van der Waals surface area contributed by atoms with Crippen molar-refractivity contribution in [1.29, 1.82) is 0 Å². The number of nitrogens with zero attached hydrogens (tertiary/aromatic N) is 1. The first kappa shape index (κ1) is 14.8. The number of aromatic nitrogens is 1. The van der Waals surface area contributed by atoms with Gasteiger partial charge in [-0.3, -0.25) is 0 Å². The van der Waals surface area contributed by atoms with E-state index in [1.165, 1.54) is 18.2 Å². The molecule has 3 heteroatoms. The third-order valence-electron chi connectivity index (χ3n) is 3.30. The molecule has 0 radical (unpaired) electrons. The summed E-state index contributed by atoms with van der Waals surface area (Å²) < 4.78 is 5.90. The van der Waals surface area contributed by atoms with Gasteiger partial charge in [-0.25, -0.2) is 4.98 Å². The number of fused-ring (bicyclic) bond motifs is 1. The molecule has 108 valence electrons. The number of pyridine rings is 1. The second-order valence-electron chi connectivity index (χ2n) is 4.98. The number of nitrogens with one attached hydrogen (secondary N) is 1. The zero-order valence-electron chi connectivity index (χ0n) is 12.5. The van der Waals surface area contributed by atoms with Crippen LogP contribution >= 0.6 is 0 Å². The van der Waals surface area contributed by atoms with Gasteiger partial charge in [-0.2, -0.15) is 0 Å². The van der Waals surface area contributed by atoms with Crippen LogP contribution in [0, 0.1) is 0 Å². The van der Waals surface area contributed by atoms with Crippen LogP contribution in [0.1, 0.15) is 38.8 Å². The molecule has 0 fully saturated rings. The second kappa shape index (κ2) is 7.85. The van der Waals surface area contributed by atoms with E-state index in [9.17, 15) is 0 Å². The van der Waals surface area contributed by atoms with Gasteiger partial charge < -0.3 is 10.1 Å². The predicted molar refractivity (Wildman–Crippen MR) is 84.1 cm³/mol. The molecule has 1 aromatic carbocycles. The van der Waals surface area contributed by atoms with Gasteiger partial charge in [0.05, 0.1) is 12.3 Å². The van der Waals surface area contributed by atoms with Crippen LogP contribution in [0.4, 0.5) is 0 Å². The average molecular weight is 272 g/mol. The average Bonchev–Trinajstić information content (AvgIpc) is 2.49. The molecular formula is C17H24N2O. The summed E-state index contributed by atoms with van der Waals surface area (Å²) >= 11 is 0. The number of benzene rings is 1. The minimum absolute atomic E-state index is 0.746. The van der Waals surface area contributed by atoms with Crippen LogP contribution in [0.25, 0.3) is 10.8 Å². The molecule has 0 aliphatic rings. The van der Waals surface area contributed by atoms with Crippen molar-refractivity contribution < 1.29 is 4.74 Å². The van der Waals surface area contributed by atoms with Crippen molar-refractivity contribution in [2.75, 3.05) is 13.2 Å². The van der Waals surface area contributed by atoms with Gasteiger partial charge in [0.1, 0.15) is 0 Å². The molecule has 20 heavy (non-hydrogen) atoms. The SMILES string of the molecule is CCCCCOc1nc(CNCC)cc2ccccc12. The maximum atomic E-state index is 5.90. The predicted octanol–water partition coefficient (Wildman–Crippen LogP) is 3.91. The molecule has 0 aliphatic carbocycles. The van der Waals surface area contributed by atoms with Crippen LogP contribution in [-0.4, -0.2) is 18.1 Å². The molecule has 0 amide bonds. The normalized spacial score (nSPS) is 10.9. The van der Waals surface area contributed by atoms with Gasteiger partial charge in [-0.1, -0.05) is 44.9 Å². The summed E-state index contributed by atoms with van der Waals surface area (Å²) in [4.78, 5) is 4.65. The van der Waals surface area contributed by atoms with Crippen molar-refractivity contribution in [2.24, 2.45) is 0 Å². The Morgan fingerprint density at radius 2 is 2.00 bits per heavy atom. The minimum atomic E-state index is 0.746. The Morgan fingerprint density at radius 1 is 1.15 bits per heavy atom. The van der Waals surface area contributed by atoms with E-state index in [2.05, 4.69) is 48.4 Å². The molecule has 1 heterocycles. The Balaban J connectivity index is 2.19. The Hall–Kier alpha value is -1.61. The lowest BCUT2D eigenvalue weighted by Crippen LogP contribution is -2.13. The maximum Gasteiger partial charge on any atom is 0.221 e. The first-order valence-corrected chi connectivity index (χ1v) is 7.57. The van der Waals surface area contributed by atoms with E-state index in [0.717, 1.165) is 43.1 Å². The van der Waals surface area contributed by atoms with E-state index in [1.54, 1.807) is 0 Å². The lowest BCUT2D eigenvalue weighted by atomic mass is 10.1. The molecule has 0 unspecified atom stereocenters. The summed E-state index contributed by atoms with van der Waals surface area (Å²) in [6, 6.07) is 10.4. The van der Waals surface area contributed by atoms with Crippen LogP contribution in [-0.2, 0) is 6.54 Å². The summed E-state index contributed by atoms with van der Waals surface area (Å²) in [5.41, 5.74) is 1.04. The number of unbranched alkanes of at least 4 members (excludes halogenated alkanes) is 2. The summed E-state index contributed by atoms with van der Waals surface area (Å²) in [6.07, 6.45) is 3.50. The Labute approximate surface area is 121 Å². The molecule has 1 aromatic heterocycles. The van der Waals surface area contributed by atoms with E-state index >= 15 is 0 Å². The highest BCUT2D eigenvalue weighted by atomic mass is 16.5. The molecule has 3 nitrogen and oxygen atoms in total. The number of hydrogen-bond acceptors (Lipinski definition) is 3. The molecule has 0 spiro atoms. The second-order valence-corrected chi connectivity index (χ2v) is 4.98. The molecule has 2 rings (SSSR count). The standard InChI is InChI=1S/C17H24N2O/c1-3-5-8-11-20-17-16-10-7-6-9-14(16)12-15(19-17)13-18-4-2/h6-7,9-10,12,18H,3-5,8,11,13H2,1-2H3. The third kappa shape index (κ3) is 3.94. The highest BCUT2D eigenvalue weighted by Crippen LogP contribution is 2.24. The smallest absolute Gasteiger partial charge is 0.221 e. The van der Waals surface area contributed by atoms with Crippen LogP contribution < -0.4 is 10.1 Å². The van der Waals surface area contributed by atoms with Crippen molar-refractivity contribution in [2.45, 2.75) is 39.7 Å². The molecule has 2 aromatic rings. The van der Waals surface area contributed by atoms with Crippen molar-refractivity contribution in [3.8, 4) is 5.88 Å². The molecule has 0 saturated carbocycles. The zero-order chi connectivity index (χ0) is 14.2. The monoisotopic (exact) mass is 272 g/mol. The highest BCUT2D eigenvalue weighted by molar-refractivity contribution is 5.87. The third-order valence-corrected chi connectivity index (χ3v) is 3.30. The number of hydrogen-bond donors (Lipinski definition) is 1. The number of ether oxygens (including phenoxy) is 1. The Kier molecular flexibility index (Phi) is 5.81. The van der Waals surface area contributed by atoms with Crippen LogP contribution in [0.15, 0.2) is 30.3 Å². The minimum Gasteiger partial charge on any atom is -0.477 e. The Morgan fingerprint density at radius 3 is 2.80 bits per heavy atom. The van der Waals surface area contributed by atoms with Crippen molar-refractivity contribution in [3.63, 3.8) is 0 Å². The van der Waals surface area contributed by atoms with Crippen molar-refractivity contribution in [1.82, 2.24) is 10.3 Å². The van der Waals surface area contributed by atoms with Crippen LogP contribution in [0.5, 0.6) is 5.88 Å². The fourth-order valence-electron chi connectivity index (χ4n) is 2.19. The van der Waals surface area contributed by atoms with Crippen LogP contribution in [0.3, 0.4) is 0 Å². The summed E-state index contributed by atoms with van der Waals surface area (Å²) in [6.45, 7) is 6.78. The van der Waals surface area contributed by atoms with Gasteiger partial charge >= 0.3 is 0 Å². The fraction of sp³-hybridized carbons (Fsp3) is 0.471. The topological polar surface area (TPSA) is 34.1 Å². The van der Waals surface area contributed by atoms with E-state index < -0.39 is 0 Å². The van der Waals surface area contributed by atoms with Crippen molar-refractivity contribution >= 4 is 10.8 Å². The van der Waals surface area contributed by atoms with E-state index in [-0.39, 0.29) is 0 Å². The maximum absolute atomic E-state index is 5.90. The lowest BCUT2D eigenvalue weighted by molar-refractivity contribution is 0.298. The summed E-state index contributed by atoms with van der Waals surface area (Å²) in [5.74, 6) is 0.770. The van der Waals surface area contributed by atoms with Gasteiger partial charge in [0, 0.05) is 11.9 Å². The molecule has 0 aliphatic heterocycles. The first-order chi connectivity index (χ1) is 9.85. The van der Waals surface area contributed by atoms with Gasteiger partial charge in [0.15, 0.2) is 0 Å². The van der Waals surface area contributed by atoms with Gasteiger partial charge in [0.25, 0.3) is 0 Å². The summed E-state index contributed by atoms with van der Waals surface area (Å²) in [5, 5.41) is 5.61. The van der Waals surface area contributed by atoms with E-state index in [4.69, 9.17) is 4.74 Å². The first-order valence-electron chi connectivity index (χ1n) is 7.57. The summed E-state index contributed by atoms with van der Waals surface area (Å²) in [7, 11) is 0. The van der Waals surface area contributed by atoms with E-state index in [0.29, 0.717) is 0 Å². The number of rotatable bonds is 8. The van der Waals surface area contributed by atoms with Gasteiger partial charge in [-0.15, -0.1) is 0 Å². The molecule has 0 bridgehead atoms. The highest BCUT2D eigenvalue weighted by Gasteiger charge is 2.06. The largest absolute Gasteiger partial charge is 0.477 e. The molecule has 0 saturated heterocycles. The van der Waals surface area contributed by atoms with Gasteiger partial charge in [0.2, 0.25) is 5.88 Å². The lowest BCUT2D eigenvalue weighted by Gasteiger charge is -2.11. The Bertz CT molecular complexity index is 540. The van der Waals surface area contributed by atoms with Crippen LogP contribution in [0.2, 0.25) is 0 Å². The molecule has 0 atom stereocenters. The van der Waals surface area contributed by atoms with Crippen molar-refractivity contribution in [3.05, 3.63) is 36.0 Å². The van der Waals surface area contributed by atoms with Gasteiger partial charge in [-0.05, 0) is 30.5 Å². The fourth-order valence-corrected chi connectivity index (χ4v) is 2.19. The molecule has 1 N–H and O–H groups in total. The molecular weight excluding hydrogens is 248 g/mol. The quantitative estimate of drug-likeness (QED) is 0.740.